The molecule has 0 saturated carbocycles. The summed E-state index contributed by atoms with van der Waals surface area (Å²) in [6.45, 7) is 6.59. The molecule has 0 amide bonds. The highest BCUT2D eigenvalue weighted by atomic mass is 16.5. The number of unbranched alkanes of at least 4 members (excludes halogenated alkanes) is 5. The van der Waals surface area contributed by atoms with Gasteiger partial charge in [-0.3, -0.25) is 4.90 Å². The average Bonchev–Trinajstić information content (AvgIpc) is 2.62. The van der Waals surface area contributed by atoms with Crippen molar-refractivity contribution in [2.24, 2.45) is 0 Å². The third-order valence-electron chi connectivity index (χ3n) is 5.53. The standard InChI is InChI=1S/C23H33NO/c1-2-3-4-5-6-7-9-14-21-15-22-18-25-19-23(16-21)24(22)17-20-12-10-8-11-13-20/h2,8,10-13,15,22-23H,1,3-7,9,14,16-19H2. The summed E-state index contributed by atoms with van der Waals surface area (Å²) in [5, 5.41) is 0. The SMILES string of the molecule is C=CCCCCCCCC1=CC2COCC(C1)N2Cc1ccccc1. The maximum absolute atomic E-state index is 5.84. The van der Waals surface area contributed by atoms with Crippen LogP contribution in [0.5, 0.6) is 0 Å². The molecule has 2 aliphatic heterocycles. The van der Waals surface area contributed by atoms with Crippen LogP contribution in [-0.4, -0.2) is 30.2 Å². The minimum atomic E-state index is 0.468. The first-order chi connectivity index (χ1) is 12.4. The molecule has 2 nitrogen and oxygen atoms in total. The fourth-order valence-electron chi connectivity index (χ4n) is 4.15. The molecule has 0 aliphatic carbocycles. The maximum atomic E-state index is 5.84. The first kappa shape index (κ1) is 18.4. The molecule has 2 heteroatoms. The summed E-state index contributed by atoms with van der Waals surface area (Å²) < 4.78 is 5.84. The smallest absolute Gasteiger partial charge is 0.0658 e. The van der Waals surface area contributed by atoms with Gasteiger partial charge in [-0.05, 0) is 37.7 Å². The summed E-state index contributed by atoms with van der Waals surface area (Å²) in [5.74, 6) is 0. The Morgan fingerprint density at radius 2 is 1.84 bits per heavy atom. The molecule has 136 valence electrons. The molecule has 0 spiro atoms. The summed E-state index contributed by atoms with van der Waals surface area (Å²) in [4.78, 5) is 2.65. The predicted molar refractivity (Wildman–Crippen MR) is 106 cm³/mol. The van der Waals surface area contributed by atoms with Gasteiger partial charge in [0, 0.05) is 12.6 Å². The Hall–Kier alpha value is -1.38. The van der Waals surface area contributed by atoms with Crippen LogP contribution in [0.4, 0.5) is 0 Å². The fourth-order valence-corrected chi connectivity index (χ4v) is 4.15. The molecular weight excluding hydrogens is 306 g/mol. The van der Waals surface area contributed by atoms with E-state index in [1.165, 1.54) is 56.9 Å². The Labute approximate surface area is 153 Å². The molecule has 2 heterocycles. The van der Waals surface area contributed by atoms with Crippen LogP contribution in [0.2, 0.25) is 0 Å². The topological polar surface area (TPSA) is 12.5 Å². The monoisotopic (exact) mass is 339 g/mol. The number of morpholine rings is 1. The maximum Gasteiger partial charge on any atom is 0.0658 e. The predicted octanol–water partition coefficient (Wildman–Crippen LogP) is 5.50. The third kappa shape index (κ3) is 5.55. The van der Waals surface area contributed by atoms with Gasteiger partial charge in [0.2, 0.25) is 0 Å². The molecule has 1 aromatic rings. The lowest BCUT2D eigenvalue weighted by Gasteiger charge is -2.45. The largest absolute Gasteiger partial charge is 0.378 e. The summed E-state index contributed by atoms with van der Waals surface area (Å²) in [7, 11) is 0. The van der Waals surface area contributed by atoms with Crippen LogP contribution < -0.4 is 0 Å². The van der Waals surface area contributed by atoms with Gasteiger partial charge in [0.15, 0.2) is 0 Å². The van der Waals surface area contributed by atoms with Gasteiger partial charge < -0.3 is 4.74 Å². The van der Waals surface area contributed by atoms with E-state index in [0.29, 0.717) is 12.1 Å². The molecule has 2 bridgehead atoms. The van der Waals surface area contributed by atoms with E-state index < -0.39 is 0 Å². The van der Waals surface area contributed by atoms with Gasteiger partial charge in [-0.15, -0.1) is 6.58 Å². The van der Waals surface area contributed by atoms with E-state index in [1.807, 2.05) is 6.08 Å². The second-order valence-electron chi connectivity index (χ2n) is 7.54. The highest BCUT2D eigenvalue weighted by molar-refractivity contribution is 5.20. The van der Waals surface area contributed by atoms with Gasteiger partial charge in [0.25, 0.3) is 0 Å². The summed E-state index contributed by atoms with van der Waals surface area (Å²) in [5.41, 5.74) is 3.09. The van der Waals surface area contributed by atoms with E-state index in [9.17, 15) is 0 Å². The number of benzene rings is 1. The molecule has 1 aromatic carbocycles. The number of fused-ring (bicyclic) bond motifs is 2. The number of ether oxygens (including phenoxy) is 1. The Kier molecular flexibility index (Phi) is 7.32. The van der Waals surface area contributed by atoms with E-state index in [4.69, 9.17) is 4.74 Å². The lowest BCUT2D eigenvalue weighted by atomic mass is 9.90. The van der Waals surface area contributed by atoms with Crippen molar-refractivity contribution in [2.75, 3.05) is 13.2 Å². The van der Waals surface area contributed by atoms with E-state index in [2.05, 4.69) is 47.9 Å². The molecule has 0 N–H and O–H groups in total. The Bertz CT molecular complexity index is 550. The number of hydrogen-bond donors (Lipinski definition) is 0. The molecule has 0 aromatic heterocycles. The second-order valence-corrected chi connectivity index (χ2v) is 7.54. The first-order valence-corrected chi connectivity index (χ1v) is 10.0. The van der Waals surface area contributed by atoms with E-state index in [0.717, 1.165) is 19.8 Å². The van der Waals surface area contributed by atoms with Crippen molar-refractivity contribution in [1.82, 2.24) is 4.90 Å². The van der Waals surface area contributed by atoms with E-state index in [-0.39, 0.29) is 0 Å². The number of rotatable bonds is 10. The molecule has 0 radical (unpaired) electrons. The van der Waals surface area contributed by atoms with Gasteiger partial charge in [-0.1, -0.05) is 67.3 Å². The van der Waals surface area contributed by atoms with Crippen LogP contribution in [-0.2, 0) is 11.3 Å². The lowest BCUT2D eigenvalue weighted by molar-refractivity contribution is -0.0442. The van der Waals surface area contributed by atoms with Crippen LogP contribution in [0.15, 0.2) is 54.6 Å². The number of nitrogens with zero attached hydrogens (tertiary/aromatic N) is 1. The Morgan fingerprint density at radius 3 is 2.64 bits per heavy atom. The minimum absolute atomic E-state index is 0.468. The summed E-state index contributed by atoms with van der Waals surface area (Å²) in [6.07, 6.45) is 15.0. The van der Waals surface area contributed by atoms with Crippen molar-refractivity contribution in [3.63, 3.8) is 0 Å². The van der Waals surface area contributed by atoms with Gasteiger partial charge in [0.05, 0.1) is 19.3 Å². The zero-order valence-corrected chi connectivity index (χ0v) is 15.5. The van der Waals surface area contributed by atoms with E-state index >= 15 is 0 Å². The number of hydrogen-bond acceptors (Lipinski definition) is 2. The molecule has 2 unspecified atom stereocenters. The third-order valence-corrected chi connectivity index (χ3v) is 5.53. The highest BCUT2D eigenvalue weighted by Gasteiger charge is 2.34. The lowest BCUT2D eigenvalue weighted by Crippen LogP contribution is -2.53. The summed E-state index contributed by atoms with van der Waals surface area (Å²) in [6, 6.07) is 11.9. The van der Waals surface area contributed by atoms with Crippen molar-refractivity contribution in [1.29, 1.82) is 0 Å². The Balaban J connectivity index is 1.47. The molecule has 1 saturated heterocycles. The normalized spacial score (nSPS) is 23.3. The van der Waals surface area contributed by atoms with Crippen molar-refractivity contribution in [2.45, 2.75) is 70.0 Å². The van der Waals surface area contributed by atoms with Gasteiger partial charge >= 0.3 is 0 Å². The molecule has 2 atom stereocenters. The van der Waals surface area contributed by atoms with Crippen molar-refractivity contribution >= 4 is 0 Å². The second kappa shape index (κ2) is 9.94. The molecule has 3 rings (SSSR count). The molecule has 1 fully saturated rings. The summed E-state index contributed by atoms with van der Waals surface area (Å²) >= 11 is 0. The fraction of sp³-hybridized carbons (Fsp3) is 0.565. The number of allylic oxidation sites excluding steroid dienone is 1. The molecule has 25 heavy (non-hydrogen) atoms. The van der Waals surface area contributed by atoms with Crippen LogP contribution in [0.1, 0.15) is 56.9 Å². The Morgan fingerprint density at radius 1 is 1.04 bits per heavy atom. The van der Waals surface area contributed by atoms with Crippen molar-refractivity contribution < 1.29 is 4.74 Å². The van der Waals surface area contributed by atoms with Crippen molar-refractivity contribution in [3.05, 3.63) is 60.2 Å². The van der Waals surface area contributed by atoms with Crippen LogP contribution in [0.25, 0.3) is 0 Å². The van der Waals surface area contributed by atoms with Gasteiger partial charge in [0.1, 0.15) is 0 Å². The van der Waals surface area contributed by atoms with Crippen molar-refractivity contribution in [3.8, 4) is 0 Å². The quantitative estimate of drug-likeness (QED) is 0.412. The van der Waals surface area contributed by atoms with Gasteiger partial charge in [-0.2, -0.15) is 0 Å². The molecular formula is C23H33NO. The highest BCUT2D eigenvalue weighted by Crippen LogP contribution is 2.31. The minimum Gasteiger partial charge on any atom is -0.378 e. The van der Waals surface area contributed by atoms with E-state index in [1.54, 1.807) is 5.57 Å². The zero-order chi connectivity index (χ0) is 17.3. The molecule has 2 aliphatic rings. The van der Waals surface area contributed by atoms with Gasteiger partial charge in [-0.25, -0.2) is 0 Å². The van der Waals surface area contributed by atoms with Crippen LogP contribution in [0, 0.1) is 0 Å². The van der Waals surface area contributed by atoms with Crippen LogP contribution in [0.3, 0.4) is 0 Å². The average molecular weight is 340 g/mol. The van der Waals surface area contributed by atoms with Crippen LogP contribution >= 0.6 is 0 Å². The zero-order valence-electron chi connectivity index (χ0n) is 15.5. The first-order valence-electron chi connectivity index (χ1n) is 10.0.